The number of alkyl halides is 3. The average Bonchev–Trinajstić information content (AvgIpc) is 2.26. The number of hydrogen-bond donors (Lipinski definition) is 1. The van der Waals surface area contributed by atoms with Gasteiger partial charge in [-0.05, 0) is 13.8 Å². The topological polar surface area (TPSA) is 38.7 Å². The van der Waals surface area contributed by atoms with Crippen LogP contribution in [0, 0.1) is 0 Å². The summed E-state index contributed by atoms with van der Waals surface area (Å²) in [6.07, 6.45) is -8.46. The van der Waals surface area contributed by atoms with Crippen molar-refractivity contribution in [3.8, 4) is 0 Å². The molecule has 13 heavy (non-hydrogen) atoms. The largest absolute Gasteiger partial charge is 0.417 e. The Bertz CT molecular complexity index is 190. The Hall–Kier alpha value is -0.330. The molecule has 0 amide bonds. The third-order valence-corrected chi connectivity index (χ3v) is 1.72. The van der Waals surface area contributed by atoms with Crippen LogP contribution in [0.5, 0.6) is 0 Å². The van der Waals surface area contributed by atoms with Crippen LogP contribution in [0.3, 0.4) is 0 Å². The summed E-state index contributed by atoms with van der Waals surface area (Å²) < 4.78 is 45.6. The number of hydrogen-bond acceptors (Lipinski definition) is 3. The van der Waals surface area contributed by atoms with Crippen LogP contribution in [-0.2, 0) is 9.47 Å². The molecule has 1 fully saturated rings. The number of halogens is 3. The van der Waals surface area contributed by atoms with E-state index in [2.05, 4.69) is 0 Å². The second-order valence-electron chi connectivity index (χ2n) is 3.35. The molecule has 1 saturated heterocycles. The van der Waals surface area contributed by atoms with Gasteiger partial charge in [0.15, 0.2) is 11.9 Å². The van der Waals surface area contributed by atoms with E-state index in [0.29, 0.717) is 0 Å². The highest BCUT2D eigenvalue weighted by Gasteiger charge is 2.49. The fourth-order valence-electron chi connectivity index (χ4n) is 1.08. The highest BCUT2D eigenvalue weighted by atomic mass is 19.4. The van der Waals surface area contributed by atoms with E-state index in [1.807, 2.05) is 0 Å². The van der Waals surface area contributed by atoms with Gasteiger partial charge >= 0.3 is 6.18 Å². The van der Waals surface area contributed by atoms with Crippen molar-refractivity contribution in [2.45, 2.75) is 38.0 Å². The summed E-state index contributed by atoms with van der Waals surface area (Å²) in [4.78, 5) is 0. The molecule has 0 unspecified atom stereocenters. The van der Waals surface area contributed by atoms with Gasteiger partial charge in [0, 0.05) is 0 Å². The molecule has 1 aliphatic heterocycles. The van der Waals surface area contributed by atoms with Gasteiger partial charge in [0.1, 0.15) is 6.10 Å². The number of rotatable bonds is 1. The van der Waals surface area contributed by atoms with Gasteiger partial charge < -0.3 is 14.6 Å². The van der Waals surface area contributed by atoms with Gasteiger partial charge in [-0.1, -0.05) is 0 Å². The van der Waals surface area contributed by atoms with E-state index >= 15 is 0 Å². The summed E-state index contributed by atoms with van der Waals surface area (Å²) in [6.45, 7) is 2.75. The van der Waals surface area contributed by atoms with Gasteiger partial charge in [-0.25, -0.2) is 0 Å². The summed E-state index contributed by atoms with van der Waals surface area (Å²) in [5.74, 6) is -1.04. The zero-order valence-corrected chi connectivity index (χ0v) is 7.26. The molecule has 1 N–H and O–H groups in total. The van der Waals surface area contributed by atoms with Crippen molar-refractivity contribution in [1.82, 2.24) is 0 Å². The molecule has 0 saturated carbocycles. The molecule has 1 heterocycles. The molecule has 0 spiro atoms. The van der Waals surface area contributed by atoms with Gasteiger partial charge in [-0.3, -0.25) is 0 Å². The van der Waals surface area contributed by atoms with E-state index < -0.39 is 24.2 Å². The summed E-state index contributed by atoms with van der Waals surface area (Å²) in [7, 11) is 0. The Labute approximate surface area is 73.4 Å². The Morgan fingerprint density at radius 2 is 2.00 bits per heavy atom. The molecule has 0 radical (unpaired) electrons. The van der Waals surface area contributed by atoms with Gasteiger partial charge in [-0.2, -0.15) is 13.2 Å². The minimum absolute atomic E-state index is 0.242. The zero-order chi connectivity index (χ0) is 10.3. The lowest BCUT2D eigenvalue weighted by molar-refractivity contribution is -0.241. The molecule has 6 heteroatoms. The molecule has 1 rings (SSSR count). The molecule has 0 bridgehead atoms. The maximum Gasteiger partial charge on any atom is 0.417 e. The lowest BCUT2D eigenvalue weighted by Crippen LogP contribution is -2.41. The van der Waals surface area contributed by atoms with E-state index in [4.69, 9.17) is 14.6 Å². The molecule has 78 valence electrons. The van der Waals surface area contributed by atoms with Crippen LogP contribution in [0.2, 0.25) is 0 Å². The number of ether oxygens (including phenoxy) is 2. The first-order chi connectivity index (χ1) is 5.72. The van der Waals surface area contributed by atoms with Gasteiger partial charge in [0.25, 0.3) is 0 Å². The molecule has 0 aromatic heterocycles. The Kier molecular flexibility index (Phi) is 2.57. The summed E-state index contributed by atoms with van der Waals surface area (Å²) >= 11 is 0. The third-order valence-electron chi connectivity index (χ3n) is 1.72. The van der Waals surface area contributed by atoms with Crippen LogP contribution >= 0.6 is 0 Å². The number of aliphatic hydroxyl groups is 1. The molecule has 0 aliphatic carbocycles. The first-order valence-electron chi connectivity index (χ1n) is 3.79. The van der Waals surface area contributed by atoms with Crippen LogP contribution in [0.25, 0.3) is 0 Å². The van der Waals surface area contributed by atoms with Crippen LogP contribution in [-0.4, -0.2) is 35.9 Å². The standard InChI is InChI=1S/C7H11F3O3/c1-6(2)12-3-4(13-6)5(11)7(8,9)10/h4-5,11H,3H2,1-2H3/t4-,5+/m1/s1. The van der Waals surface area contributed by atoms with Crippen LogP contribution in [0.4, 0.5) is 13.2 Å². The lowest BCUT2D eigenvalue weighted by Gasteiger charge is -2.21. The monoisotopic (exact) mass is 200 g/mol. The quantitative estimate of drug-likeness (QED) is 0.687. The molecule has 0 aromatic carbocycles. The second-order valence-corrected chi connectivity index (χ2v) is 3.35. The fourth-order valence-corrected chi connectivity index (χ4v) is 1.08. The number of aliphatic hydroxyl groups excluding tert-OH is 1. The fraction of sp³-hybridized carbons (Fsp3) is 1.00. The SMILES string of the molecule is CC1(C)OC[C@H]([C@H](O)C(F)(F)F)O1. The molecule has 3 nitrogen and oxygen atoms in total. The van der Waals surface area contributed by atoms with Crippen LogP contribution < -0.4 is 0 Å². The van der Waals surface area contributed by atoms with E-state index in [1.54, 1.807) is 0 Å². The Morgan fingerprint density at radius 3 is 2.31 bits per heavy atom. The minimum Gasteiger partial charge on any atom is -0.381 e. The van der Waals surface area contributed by atoms with Gasteiger partial charge in [-0.15, -0.1) is 0 Å². The summed E-state index contributed by atoms with van der Waals surface area (Å²) in [5.41, 5.74) is 0. The van der Waals surface area contributed by atoms with Crippen molar-refractivity contribution in [1.29, 1.82) is 0 Å². The van der Waals surface area contributed by atoms with Gasteiger partial charge in [0.2, 0.25) is 0 Å². The van der Waals surface area contributed by atoms with Crippen molar-refractivity contribution in [3.05, 3.63) is 0 Å². The molecular formula is C7H11F3O3. The molecule has 0 aromatic rings. The maximum absolute atomic E-state index is 12.0. The molecular weight excluding hydrogens is 189 g/mol. The highest BCUT2D eigenvalue weighted by molar-refractivity contribution is 4.81. The molecule has 2 atom stereocenters. The average molecular weight is 200 g/mol. The smallest absolute Gasteiger partial charge is 0.381 e. The van der Waals surface area contributed by atoms with E-state index in [9.17, 15) is 13.2 Å². The second kappa shape index (κ2) is 3.11. The highest BCUT2D eigenvalue weighted by Crippen LogP contribution is 2.31. The summed E-state index contributed by atoms with van der Waals surface area (Å²) in [6, 6.07) is 0. The predicted octanol–water partition coefficient (Wildman–Crippen LogP) is 1.06. The summed E-state index contributed by atoms with van der Waals surface area (Å²) in [5, 5.41) is 8.79. The minimum atomic E-state index is -4.66. The third kappa shape index (κ3) is 2.55. The first kappa shape index (κ1) is 10.7. The van der Waals surface area contributed by atoms with Crippen molar-refractivity contribution >= 4 is 0 Å². The lowest BCUT2D eigenvalue weighted by atomic mass is 10.2. The van der Waals surface area contributed by atoms with E-state index in [1.165, 1.54) is 13.8 Å². The van der Waals surface area contributed by atoms with Crippen molar-refractivity contribution in [2.75, 3.05) is 6.61 Å². The Morgan fingerprint density at radius 1 is 1.46 bits per heavy atom. The molecule has 1 aliphatic rings. The van der Waals surface area contributed by atoms with Gasteiger partial charge in [0.05, 0.1) is 6.61 Å². The Balaban J connectivity index is 2.57. The van der Waals surface area contributed by atoms with E-state index in [-0.39, 0.29) is 6.61 Å². The van der Waals surface area contributed by atoms with E-state index in [0.717, 1.165) is 0 Å². The van der Waals surface area contributed by atoms with Crippen molar-refractivity contribution in [3.63, 3.8) is 0 Å². The van der Waals surface area contributed by atoms with Crippen molar-refractivity contribution < 1.29 is 27.8 Å². The predicted molar refractivity (Wildman–Crippen MR) is 37.0 cm³/mol. The normalized spacial score (nSPS) is 30.5. The van der Waals surface area contributed by atoms with Crippen LogP contribution in [0.15, 0.2) is 0 Å². The maximum atomic E-state index is 12.0. The van der Waals surface area contributed by atoms with Crippen molar-refractivity contribution in [2.24, 2.45) is 0 Å². The van der Waals surface area contributed by atoms with Crippen LogP contribution in [0.1, 0.15) is 13.8 Å². The first-order valence-corrected chi connectivity index (χ1v) is 3.79. The zero-order valence-electron chi connectivity index (χ0n) is 7.26.